The number of rotatable bonds is 5. The number of nitrogens with zero attached hydrogens (tertiary/aromatic N) is 1. The van der Waals surface area contributed by atoms with Gasteiger partial charge in [0, 0.05) is 25.6 Å². The van der Waals surface area contributed by atoms with E-state index in [9.17, 15) is 4.79 Å². The van der Waals surface area contributed by atoms with Crippen molar-refractivity contribution in [1.82, 2.24) is 4.90 Å². The monoisotopic (exact) mass is 215 g/mol. The van der Waals surface area contributed by atoms with Crippen LogP contribution in [-0.2, 0) is 9.53 Å². The largest absolute Gasteiger partial charge is 0.480 e. The fourth-order valence-corrected chi connectivity index (χ4v) is 2.18. The summed E-state index contributed by atoms with van der Waals surface area (Å²) in [6.07, 6.45) is 0. The zero-order chi connectivity index (χ0) is 11.5. The van der Waals surface area contributed by atoms with E-state index in [0.717, 1.165) is 26.3 Å². The van der Waals surface area contributed by atoms with E-state index in [-0.39, 0.29) is 12.0 Å². The van der Waals surface area contributed by atoms with Crippen molar-refractivity contribution in [2.24, 2.45) is 11.3 Å². The Kier molecular flexibility index (Phi) is 4.11. The summed E-state index contributed by atoms with van der Waals surface area (Å²) in [7, 11) is 0. The highest BCUT2D eigenvalue weighted by Crippen LogP contribution is 2.35. The van der Waals surface area contributed by atoms with Crippen LogP contribution in [0, 0.1) is 11.3 Å². The maximum absolute atomic E-state index is 10.6. The summed E-state index contributed by atoms with van der Waals surface area (Å²) in [6.45, 7) is 9.63. The van der Waals surface area contributed by atoms with Crippen molar-refractivity contribution in [1.29, 1.82) is 0 Å². The highest BCUT2D eigenvalue weighted by molar-refractivity contribution is 5.69. The normalized spacial score (nSPS) is 25.7. The zero-order valence-electron chi connectivity index (χ0n) is 9.82. The van der Waals surface area contributed by atoms with E-state index in [4.69, 9.17) is 9.84 Å². The van der Waals surface area contributed by atoms with Crippen molar-refractivity contribution >= 4 is 5.97 Å². The minimum absolute atomic E-state index is 0.145. The van der Waals surface area contributed by atoms with Gasteiger partial charge in [0.05, 0.1) is 13.2 Å². The van der Waals surface area contributed by atoms with Crippen LogP contribution in [0.3, 0.4) is 0 Å². The number of hydrogen-bond acceptors (Lipinski definition) is 3. The highest BCUT2D eigenvalue weighted by Gasteiger charge is 2.39. The van der Waals surface area contributed by atoms with Crippen molar-refractivity contribution in [2.45, 2.75) is 20.8 Å². The summed E-state index contributed by atoms with van der Waals surface area (Å²) in [5.41, 5.74) is 0.157. The first kappa shape index (κ1) is 12.5. The first-order chi connectivity index (χ1) is 6.95. The van der Waals surface area contributed by atoms with Crippen LogP contribution in [-0.4, -0.2) is 48.8 Å². The van der Waals surface area contributed by atoms with Crippen LogP contribution in [0.15, 0.2) is 0 Å². The Morgan fingerprint density at radius 3 is 2.80 bits per heavy atom. The smallest absolute Gasteiger partial charge is 0.317 e. The second-order valence-corrected chi connectivity index (χ2v) is 4.91. The molecule has 1 aliphatic rings. The molecule has 1 heterocycles. The second kappa shape index (κ2) is 4.94. The summed E-state index contributed by atoms with van der Waals surface area (Å²) < 4.78 is 5.43. The van der Waals surface area contributed by atoms with Gasteiger partial charge >= 0.3 is 5.97 Å². The van der Waals surface area contributed by atoms with Gasteiger partial charge in [-0.2, -0.15) is 0 Å². The number of aliphatic carboxylic acids is 1. The molecule has 1 rings (SSSR count). The maximum Gasteiger partial charge on any atom is 0.317 e. The van der Waals surface area contributed by atoms with Gasteiger partial charge in [-0.05, 0) is 12.3 Å². The molecule has 1 saturated heterocycles. The molecule has 4 nitrogen and oxygen atoms in total. The van der Waals surface area contributed by atoms with Crippen molar-refractivity contribution in [3.63, 3.8) is 0 Å². The molecule has 4 heteroatoms. The lowest BCUT2D eigenvalue weighted by atomic mass is 9.83. The lowest BCUT2D eigenvalue weighted by Gasteiger charge is -2.25. The van der Waals surface area contributed by atoms with Gasteiger partial charge in [-0.3, -0.25) is 9.69 Å². The summed E-state index contributed by atoms with van der Waals surface area (Å²) in [4.78, 5) is 12.6. The first-order valence-corrected chi connectivity index (χ1v) is 5.47. The van der Waals surface area contributed by atoms with E-state index >= 15 is 0 Å². The zero-order valence-corrected chi connectivity index (χ0v) is 9.82. The molecule has 0 aromatic rings. The Balaban J connectivity index is 2.48. The van der Waals surface area contributed by atoms with Gasteiger partial charge in [-0.1, -0.05) is 13.8 Å². The van der Waals surface area contributed by atoms with Crippen LogP contribution >= 0.6 is 0 Å². The van der Waals surface area contributed by atoms with Crippen molar-refractivity contribution in [2.75, 3.05) is 32.8 Å². The number of carbonyl (C=O) groups is 1. The van der Waals surface area contributed by atoms with Crippen LogP contribution in [0.5, 0.6) is 0 Å². The van der Waals surface area contributed by atoms with Crippen molar-refractivity contribution < 1.29 is 14.6 Å². The van der Waals surface area contributed by atoms with Gasteiger partial charge < -0.3 is 9.84 Å². The molecule has 0 bridgehead atoms. The average molecular weight is 215 g/mol. The molecule has 1 N–H and O–H groups in total. The molecule has 1 aliphatic heterocycles. The topological polar surface area (TPSA) is 49.8 Å². The van der Waals surface area contributed by atoms with Gasteiger partial charge in [-0.15, -0.1) is 0 Å². The predicted molar refractivity (Wildman–Crippen MR) is 57.8 cm³/mol. The molecule has 0 aliphatic carbocycles. The lowest BCUT2D eigenvalue weighted by Crippen LogP contribution is -2.28. The standard InChI is InChI=1S/C11H21NO3/c1-4-15-7-9-5-12(6-10(13)14)8-11(9,2)3/h9H,4-8H2,1-3H3,(H,13,14)/t9-/m0/s1. The molecule has 0 unspecified atom stereocenters. The van der Waals surface area contributed by atoms with Crippen molar-refractivity contribution in [3.8, 4) is 0 Å². The molecular formula is C11H21NO3. The molecule has 1 fully saturated rings. The summed E-state index contributed by atoms with van der Waals surface area (Å²) in [5, 5.41) is 8.73. The van der Waals surface area contributed by atoms with Gasteiger partial charge in [0.2, 0.25) is 0 Å². The number of carboxylic acid groups (broad SMARTS) is 1. The van der Waals surface area contributed by atoms with Gasteiger partial charge in [0.25, 0.3) is 0 Å². The summed E-state index contributed by atoms with van der Waals surface area (Å²) in [5.74, 6) is -0.306. The first-order valence-electron chi connectivity index (χ1n) is 5.47. The number of carboxylic acids is 1. The van der Waals surface area contributed by atoms with E-state index < -0.39 is 5.97 Å². The summed E-state index contributed by atoms with van der Waals surface area (Å²) >= 11 is 0. The van der Waals surface area contributed by atoms with E-state index in [1.807, 2.05) is 11.8 Å². The minimum atomic E-state index is -0.747. The van der Waals surface area contributed by atoms with Gasteiger partial charge in [0.15, 0.2) is 0 Å². The quantitative estimate of drug-likeness (QED) is 0.745. The highest BCUT2D eigenvalue weighted by atomic mass is 16.5. The fourth-order valence-electron chi connectivity index (χ4n) is 2.18. The van der Waals surface area contributed by atoms with Gasteiger partial charge in [-0.25, -0.2) is 0 Å². The Morgan fingerprint density at radius 1 is 1.60 bits per heavy atom. The second-order valence-electron chi connectivity index (χ2n) is 4.91. The van der Waals surface area contributed by atoms with Gasteiger partial charge in [0.1, 0.15) is 0 Å². The van der Waals surface area contributed by atoms with Crippen LogP contribution in [0.2, 0.25) is 0 Å². The van der Waals surface area contributed by atoms with Crippen molar-refractivity contribution in [3.05, 3.63) is 0 Å². The average Bonchev–Trinajstić information content (AvgIpc) is 2.35. The third-order valence-corrected chi connectivity index (χ3v) is 3.10. The maximum atomic E-state index is 10.6. The van der Waals surface area contributed by atoms with Crippen LogP contribution in [0.1, 0.15) is 20.8 Å². The Morgan fingerprint density at radius 2 is 2.27 bits per heavy atom. The molecule has 1 atom stereocenters. The third kappa shape index (κ3) is 3.47. The SMILES string of the molecule is CCOC[C@@H]1CN(CC(=O)O)CC1(C)C. The molecule has 0 saturated carbocycles. The third-order valence-electron chi connectivity index (χ3n) is 3.10. The molecule has 0 radical (unpaired) electrons. The molecule has 0 aromatic carbocycles. The van der Waals surface area contributed by atoms with Crippen LogP contribution in [0.4, 0.5) is 0 Å². The Hall–Kier alpha value is -0.610. The van der Waals surface area contributed by atoms with Crippen LogP contribution in [0.25, 0.3) is 0 Å². The molecule has 15 heavy (non-hydrogen) atoms. The molecule has 88 valence electrons. The fraction of sp³-hybridized carbons (Fsp3) is 0.909. The molecule has 0 aromatic heterocycles. The minimum Gasteiger partial charge on any atom is -0.480 e. The Bertz CT molecular complexity index is 228. The van der Waals surface area contributed by atoms with E-state index in [1.165, 1.54) is 0 Å². The molecule has 0 amide bonds. The number of ether oxygens (including phenoxy) is 1. The van der Waals surface area contributed by atoms with E-state index in [2.05, 4.69) is 13.8 Å². The predicted octanol–water partition coefficient (Wildman–Crippen LogP) is 1.07. The molecular weight excluding hydrogens is 194 g/mol. The number of hydrogen-bond donors (Lipinski definition) is 1. The van der Waals surface area contributed by atoms with Crippen LogP contribution < -0.4 is 0 Å². The van der Waals surface area contributed by atoms with E-state index in [0.29, 0.717) is 5.92 Å². The van der Waals surface area contributed by atoms with E-state index in [1.54, 1.807) is 0 Å². The Labute approximate surface area is 91.2 Å². The number of likely N-dealkylation sites (tertiary alicyclic amines) is 1. The lowest BCUT2D eigenvalue weighted by molar-refractivity contribution is -0.138. The molecule has 0 spiro atoms. The summed E-state index contributed by atoms with van der Waals surface area (Å²) in [6, 6.07) is 0.